The number of carbonyl (C=O) groups is 1. The molecule has 2 N–H and O–H groups in total. The molecule has 4 nitrogen and oxygen atoms in total. The highest BCUT2D eigenvalue weighted by Crippen LogP contribution is 2.22. The van der Waals surface area contributed by atoms with Crippen molar-refractivity contribution in [3.05, 3.63) is 29.3 Å². The molecular formula is C15H22ClNO3. The van der Waals surface area contributed by atoms with E-state index in [-0.39, 0.29) is 18.1 Å². The molecule has 5 heteroatoms. The van der Waals surface area contributed by atoms with Crippen LogP contribution in [0.2, 0.25) is 5.02 Å². The molecule has 1 aromatic rings. The van der Waals surface area contributed by atoms with E-state index >= 15 is 0 Å². The fourth-order valence-corrected chi connectivity index (χ4v) is 2.02. The number of carbonyl (C=O) groups excluding carboxylic acids is 1. The SMILES string of the molecule is CC(C)[C@@H](OC(=O)[C@H](C)N)[C@H](C)Oc1cccc(Cl)c1. The summed E-state index contributed by atoms with van der Waals surface area (Å²) in [5, 5.41) is 0.600. The normalized spacial score (nSPS) is 15.6. The van der Waals surface area contributed by atoms with Gasteiger partial charge in [-0.3, -0.25) is 4.79 Å². The number of hydrogen-bond acceptors (Lipinski definition) is 4. The highest BCUT2D eigenvalue weighted by atomic mass is 35.5. The van der Waals surface area contributed by atoms with Gasteiger partial charge in [-0.1, -0.05) is 31.5 Å². The molecule has 1 aromatic carbocycles. The van der Waals surface area contributed by atoms with Crippen molar-refractivity contribution in [3.63, 3.8) is 0 Å². The molecule has 0 spiro atoms. The number of ether oxygens (including phenoxy) is 2. The van der Waals surface area contributed by atoms with E-state index in [4.69, 9.17) is 26.8 Å². The van der Waals surface area contributed by atoms with Crippen LogP contribution in [-0.2, 0) is 9.53 Å². The molecule has 0 bridgehead atoms. The predicted molar refractivity (Wildman–Crippen MR) is 79.9 cm³/mol. The van der Waals surface area contributed by atoms with E-state index in [0.717, 1.165) is 0 Å². The van der Waals surface area contributed by atoms with Gasteiger partial charge in [0, 0.05) is 5.02 Å². The van der Waals surface area contributed by atoms with E-state index in [1.54, 1.807) is 19.1 Å². The second-order valence-corrected chi connectivity index (χ2v) is 5.65. The van der Waals surface area contributed by atoms with Gasteiger partial charge >= 0.3 is 5.97 Å². The molecule has 0 unspecified atom stereocenters. The summed E-state index contributed by atoms with van der Waals surface area (Å²) in [7, 11) is 0. The number of hydrogen-bond donors (Lipinski definition) is 1. The monoisotopic (exact) mass is 299 g/mol. The lowest BCUT2D eigenvalue weighted by Gasteiger charge is -2.28. The van der Waals surface area contributed by atoms with Crippen molar-refractivity contribution < 1.29 is 14.3 Å². The maximum absolute atomic E-state index is 11.6. The van der Waals surface area contributed by atoms with Crippen LogP contribution in [0.3, 0.4) is 0 Å². The topological polar surface area (TPSA) is 61.5 Å². The molecule has 20 heavy (non-hydrogen) atoms. The van der Waals surface area contributed by atoms with E-state index in [2.05, 4.69) is 0 Å². The molecule has 112 valence electrons. The minimum atomic E-state index is -0.644. The third kappa shape index (κ3) is 5.02. The largest absolute Gasteiger partial charge is 0.487 e. The van der Waals surface area contributed by atoms with Crippen LogP contribution in [0, 0.1) is 5.92 Å². The van der Waals surface area contributed by atoms with Gasteiger partial charge in [0.15, 0.2) is 0 Å². The number of halogens is 1. The Labute approximate surface area is 125 Å². The molecule has 0 fully saturated rings. The first-order valence-corrected chi connectivity index (χ1v) is 7.07. The van der Waals surface area contributed by atoms with E-state index in [9.17, 15) is 4.79 Å². The summed E-state index contributed by atoms with van der Waals surface area (Å²) in [6.07, 6.45) is -0.663. The quantitative estimate of drug-likeness (QED) is 0.820. The van der Waals surface area contributed by atoms with E-state index < -0.39 is 12.0 Å². The average molecular weight is 300 g/mol. The van der Waals surface area contributed by atoms with Crippen molar-refractivity contribution in [3.8, 4) is 5.75 Å². The van der Waals surface area contributed by atoms with Crippen LogP contribution in [0.15, 0.2) is 24.3 Å². The van der Waals surface area contributed by atoms with Gasteiger partial charge in [0.05, 0.1) is 0 Å². The van der Waals surface area contributed by atoms with Gasteiger partial charge in [0.2, 0.25) is 0 Å². The van der Waals surface area contributed by atoms with Gasteiger partial charge in [-0.25, -0.2) is 0 Å². The summed E-state index contributed by atoms with van der Waals surface area (Å²) in [6, 6.07) is 6.48. The molecule has 0 aliphatic carbocycles. The lowest BCUT2D eigenvalue weighted by atomic mass is 10.0. The second-order valence-electron chi connectivity index (χ2n) is 5.21. The predicted octanol–water partition coefficient (Wildman–Crippen LogP) is 3.02. The summed E-state index contributed by atoms with van der Waals surface area (Å²) >= 11 is 5.91. The standard InChI is InChI=1S/C15H22ClNO3/c1-9(2)14(20-15(18)10(3)17)11(4)19-13-7-5-6-12(16)8-13/h5-11,14H,17H2,1-4H3/t10-,11-,14+/m0/s1. The molecule has 0 radical (unpaired) electrons. The number of benzene rings is 1. The van der Waals surface area contributed by atoms with Crippen LogP contribution >= 0.6 is 11.6 Å². The first kappa shape index (κ1) is 16.8. The molecule has 1 rings (SSSR count). The Kier molecular flexibility index (Phi) is 6.30. The molecule has 0 amide bonds. The van der Waals surface area contributed by atoms with Gasteiger partial charge in [-0.05, 0) is 38.0 Å². The van der Waals surface area contributed by atoms with Crippen molar-refractivity contribution in [1.29, 1.82) is 0 Å². The summed E-state index contributed by atoms with van der Waals surface area (Å²) < 4.78 is 11.2. The second kappa shape index (κ2) is 7.50. The lowest BCUT2D eigenvalue weighted by molar-refractivity contribution is -0.157. The lowest BCUT2D eigenvalue weighted by Crippen LogP contribution is -2.41. The van der Waals surface area contributed by atoms with Crippen molar-refractivity contribution >= 4 is 17.6 Å². The number of nitrogens with two attached hydrogens (primary N) is 1. The summed E-state index contributed by atoms with van der Waals surface area (Å²) in [5.74, 6) is 0.338. The van der Waals surface area contributed by atoms with E-state index in [1.165, 1.54) is 0 Å². The third-order valence-corrected chi connectivity index (χ3v) is 3.10. The Balaban J connectivity index is 2.74. The van der Waals surface area contributed by atoms with Crippen LogP contribution in [0.1, 0.15) is 27.7 Å². The summed E-state index contributed by atoms with van der Waals surface area (Å²) in [5.41, 5.74) is 5.52. The first-order valence-electron chi connectivity index (χ1n) is 6.69. The molecule has 3 atom stereocenters. The zero-order valence-electron chi connectivity index (χ0n) is 12.3. The van der Waals surface area contributed by atoms with E-state index in [1.807, 2.05) is 32.9 Å². The fourth-order valence-electron chi connectivity index (χ4n) is 1.84. The Morgan fingerprint density at radius 1 is 1.25 bits per heavy atom. The summed E-state index contributed by atoms with van der Waals surface area (Å²) in [4.78, 5) is 11.6. The Morgan fingerprint density at radius 2 is 1.90 bits per heavy atom. The van der Waals surface area contributed by atoms with Gasteiger partial charge in [-0.15, -0.1) is 0 Å². The molecule has 0 heterocycles. The minimum Gasteiger partial charge on any atom is -0.487 e. The molecule has 0 aliphatic rings. The smallest absolute Gasteiger partial charge is 0.323 e. The van der Waals surface area contributed by atoms with Gasteiger partial charge < -0.3 is 15.2 Å². The summed E-state index contributed by atoms with van der Waals surface area (Å²) in [6.45, 7) is 7.40. The molecule has 0 aromatic heterocycles. The van der Waals surface area contributed by atoms with Crippen LogP contribution in [-0.4, -0.2) is 24.2 Å². The zero-order valence-corrected chi connectivity index (χ0v) is 13.1. The highest BCUT2D eigenvalue weighted by molar-refractivity contribution is 6.30. The Bertz CT molecular complexity index is 448. The minimum absolute atomic E-state index is 0.117. The maximum atomic E-state index is 11.6. The van der Waals surface area contributed by atoms with Crippen LogP contribution in [0.25, 0.3) is 0 Å². The van der Waals surface area contributed by atoms with Crippen LogP contribution in [0.4, 0.5) is 0 Å². The molecular weight excluding hydrogens is 278 g/mol. The molecule has 0 saturated carbocycles. The van der Waals surface area contributed by atoms with Crippen molar-refractivity contribution in [1.82, 2.24) is 0 Å². The van der Waals surface area contributed by atoms with E-state index in [0.29, 0.717) is 10.8 Å². The van der Waals surface area contributed by atoms with Crippen molar-refractivity contribution in [2.75, 3.05) is 0 Å². The van der Waals surface area contributed by atoms with Crippen LogP contribution in [0.5, 0.6) is 5.75 Å². The number of esters is 1. The van der Waals surface area contributed by atoms with Gasteiger partial charge in [0.25, 0.3) is 0 Å². The number of rotatable bonds is 6. The van der Waals surface area contributed by atoms with Crippen molar-refractivity contribution in [2.45, 2.75) is 45.9 Å². The maximum Gasteiger partial charge on any atom is 0.323 e. The average Bonchev–Trinajstić information content (AvgIpc) is 2.34. The highest BCUT2D eigenvalue weighted by Gasteiger charge is 2.27. The Hall–Kier alpha value is -1.26. The third-order valence-electron chi connectivity index (χ3n) is 2.86. The van der Waals surface area contributed by atoms with Crippen LogP contribution < -0.4 is 10.5 Å². The molecule has 0 saturated heterocycles. The fraction of sp³-hybridized carbons (Fsp3) is 0.533. The Morgan fingerprint density at radius 3 is 2.40 bits per heavy atom. The van der Waals surface area contributed by atoms with Crippen molar-refractivity contribution in [2.24, 2.45) is 11.7 Å². The van der Waals surface area contributed by atoms with Gasteiger partial charge in [0.1, 0.15) is 24.0 Å². The van der Waals surface area contributed by atoms with Gasteiger partial charge in [-0.2, -0.15) is 0 Å². The molecule has 0 aliphatic heterocycles. The first-order chi connectivity index (χ1) is 9.31. The zero-order chi connectivity index (χ0) is 15.3.